The molecule has 8 nitrogen and oxygen atoms in total. The van der Waals surface area contributed by atoms with E-state index in [1.165, 1.54) is 91.7 Å². The van der Waals surface area contributed by atoms with Crippen LogP contribution in [-0.4, -0.2) is 146 Å². The molecule has 0 spiro atoms. The monoisotopic (exact) mass is 2050 g/mol. The fourth-order valence-corrected chi connectivity index (χ4v) is 35.2. The van der Waals surface area contributed by atoms with Crippen molar-refractivity contribution in [1.29, 1.82) is 0 Å². The third-order valence-electron chi connectivity index (χ3n) is 25.2. The van der Waals surface area contributed by atoms with Crippen LogP contribution in [0.4, 0.5) is 0 Å². The molecule has 16 rings (SSSR count). The number of benzene rings is 12. The molecule has 133 heavy (non-hydrogen) atoms. The van der Waals surface area contributed by atoms with Crippen molar-refractivity contribution in [1.82, 2.24) is 19.9 Å². The minimum atomic E-state index is -2.84. The molecule has 0 saturated carbocycles. The van der Waals surface area contributed by atoms with Crippen LogP contribution >= 0.6 is 0 Å². The summed E-state index contributed by atoms with van der Waals surface area (Å²) in [4.78, 5) is 19.6. The van der Waals surface area contributed by atoms with E-state index in [1.54, 1.807) is 42.7 Å². The maximum absolute atomic E-state index is 10.7. The van der Waals surface area contributed by atoms with Crippen molar-refractivity contribution >= 4 is 174 Å². The van der Waals surface area contributed by atoms with Gasteiger partial charge >= 0.3 is 499 Å². The van der Waals surface area contributed by atoms with Gasteiger partial charge in [-0.25, -0.2) is 0 Å². The molecular formula is C116H132B2Ge4N4O4Si3. The fourth-order valence-electron chi connectivity index (χ4n) is 15.5. The average molecular weight is 2040 g/mol. The molecule has 0 atom stereocenters. The summed E-state index contributed by atoms with van der Waals surface area (Å²) in [5.74, 6) is 29.0. The number of rotatable bonds is 26. The van der Waals surface area contributed by atoms with Gasteiger partial charge in [0.15, 0.2) is 8.07 Å². The van der Waals surface area contributed by atoms with Crippen molar-refractivity contribution < 1.29 is 19.5 Å². The van der Waals surface area contributed by atoms with Crippen LogP contribution in [0.25, 0.3) is 45.0 Å². The first kappa shape index (κ1) is 102. The van der Waals surface area contributed by atoms with Gasteiger partial charge in [0.05, 0.1) is 22.4 Å². The third-order valence-corrected chi connectivity index (χ3v) is 53.1. The van der Waals surface area contributed by atoms with Crippen LogP contribution in [0, 0.1) is 0 Å². The SMILES string of the molecule is CC(C)(O)C(C)(C)O[B]c1cccc([Si](c2ccccc2)(c2ccccc2)c2cccc([B]OC(C)(C)C(C)(C)O)c2)c1.[CH3][Ge]([CH3])([CH3])[c]1ccc(-c2cccc([SiH](c3ccccc3)c3cccc(-c4cc[c]([Ge]([CH3])([CH3])[CH3])cn4)c3)c2)nc1.[CH3][Ge]([CH3])([CH3])[c]1ccc(-c2cccc([SiH](c3ccccc3)c3cccc(-c4cc[c]([Ge]([CH3])([CH3])[CH3])cn4)c3)c2)nc1.c1ccccc1.c1ccccc1. The smallest absolute Gasteiger partial charge is 0.0623 e. The van der Waals surface area contributed by atoms with Gasteiger partial charge < -0.3 is 19.5 Å². The van der Waals surface area contributed by atoms with Crippen molar-refractivity contribution in [2.75, 3.05) is 0 Å². The van der Waals surface area contributed by atoms with E-state index in [4.69, 9.17) is 29.2 Å². The van der Waals surface area contributed by atoms with E-state index in [0.717, 1.165) is 33.7 Å². The molecule has 674 valence electrons. The molecule has 0 amide bonds. The molecule has 0 aliphatic rings. The number of hydrogen-bond acceptors (Lipinski definition) is 8. The van der Waals surface area contributed by atoms with E-state index in [-0.39, 0.29) is 0 Å². The van der Waals surface area contributed by atoms with Crippen LogP contribution in [0.2, 0.25) is 69.1 Å². The quantitative estimate of drug-likeness (QED) is 0.0408. The molecule has 0 aliphatic heterocycles. The van der Waals surface area contributed by atoms with Crippen LogP contribution in [0.5, 0.6) is 0 Å². The Morgan fingerprint density at radius 1 is 0.241 bits per heavy atom. The number of nitrogens with zero attached hydrogens (tertiary/aromatic N) is 4. The van der Waals surface area contributed by atoms with Gasteiger partial charge in [-0.15, -0.1) is 0 Å². The summed E-state index contributed by atoms with van der Waals surface area (Å²) in [6, 6.07) is 139. The summed E-state index contributed by atoms with van der Waals surface area (Å²) in [6.45, 7) is 14.6. The van der Waals surface area contributed by atoms with Gasteiger partial charge in [-0.3, -0.25) is 0 Å². The molecule has 0 fully saturated rings. The first-order valence-corrected chi connectivity index (χ1v) is 81.3. The second-order valence-corrected chi connectivity index (χ2v) is 92.7. The normalized spacial score (nSPS) is 12.0. The predicted octanol–water partition coefficient (Wildman–Crippen LogP) is 16.4. The van der Waals surface area contributed by atoms with E-state index in [9.17, 15) is 10.2 Å². The van der Waals surface area contributed by atoms with Gasteiger partial charge in [0.1, 0.15) is 0 Å². The standard InChI is InChI=1S/C36H44B2O4Si.2C34H38Ge2N2Si.2C6H6/c1-33(2,39)35(5,6)41-37-27-17-15-23-31(25-27)43(29-19-11-9-12-20-29,30-21-13-10-14-22-30)32-24-16-18-28(26-32)38-42-36(7,8)34(3,4)40;2*1-35(2,3)28-18-20-33(37-24-28)26-12-10-16-31(22-26)39(30-14-8-7-9-15-30)32-17-11-13-27(23-32)34-21-19-29(25-38-34)36(4,5)6;2*1-2-4-6-5-3-1/h9-26,39-40H,1-8H3;2*7-25,39H,1-6H3;2*1-6H. The Morgan fingerprint density at radius 3 is 0.669 bits per heavy atom. The molecule has 17 heteroatoms. The Hall–Kier alpha value is -9.97. The Bertz CT molecular complexity index is 5680. The van der Waals surface area contributed by atoms with Crippen LogP contribution in [0.1, 0.15) is 55.4 Å². The van der Waals surface area contributed by atoms with E-state index >= 15 is 0 Å². The molecule has 2 radical (unpaired) electrons. The summed E-state index contributed by atoms with van der Waals surface area (Å²) in [6.07, 6.45) is 8.44. The van der Waals surface area contributed by atoms with E-state index in [0.29, 0.717) is 0 Å². The number of aromatic nitrogens is 4. The molecule has 4 heterocycles. The summed E-state index contributed by atoms with van der Waals surface area (Å²) in [5, 5.41) is 34.7. The third kappa shape index (κ3) is 27.7. The van der Waals surface area contributed by atoms with Gasteiger partial charge in [-0.2, -0.15) is 0 Å². The zero-order chi connectivity index (χ0) is 95.3. The number of hydrogen-bond donors (Lipinski definition) is 2. The largest absolute Gasteiger partial charge is 0.0623 e. The zero-order valence-electron chi connectivity index (χ0n) is 81.6. The van der Waals surface area contributed by atoms with E-state index < -0.39 is 101 Å². The van der Waals surface area contributed by atoms with Crippen molar-refractivity contribution in [3.8, 4) is 45.0 Å². The molecule has 2 N–H and O–H groups in total. The summed E-state index contributed by atoms with van der Waals surface area (Å²) in [7, 11) is -2.77. The Labute approximate surface area is 811 Å². The van der Waals surface area contributed by atoms with Crippen molar-refractivity contribution in [2.45, 2.75) is 147 Å². The van der Waals surface area contributed by atoms with Gasteiger partial charge in [-0.1, -0.05) is 193 Å². The minimum Gasteiger partial charge on any atom is -0.0623 e. The van der Waals surface area contributed by atoms with Crippen LogP contribution in [-0.2, 0) is 9.31 Å². The molecule has 12 aromatic carbocycles. The van der Waals surface area contributed by atoms with E-state index in [2.05, 4.69) is 397 Å². The first-order chi connectivity index (χ1) is 63.3. The zero-order valence-corrected chi connectivity index (χ0v) is 93.3. The molecule has 0 aliphatic carbocycles. The fraction of sp³-hybridized carbons (Fsp3) is 0.207. The summed E-state index contributed by atoms with van der Waals surface area (Å²) in [5.41, 5.74) is 7.21. The Kier molecular flexibility index (Phi) is 35.0. The van der Waals surface area contributed by atoms with E-state index in [1.807, 2.05) is 113 Å². The first-order valence-electron chi connectivity index (χ1n) is 46.4. The van der Waals surface area contributed by atoms with Crippen molar-refractivity contribution in [2.24, 2.45) is 0 Å². The minimum absolute atomic E-state index is 0.780. The maximum atomic E-state index is 10.7. The van der Waals surface area contributed by atoms with Crippen molar-refractivity contribution in [3.05, 3.63) is 413 Å². The number of aliphatic hydroxyl groups is 2. The van der Waals surface area contributed by atoms with Crippen molar-refractivity contribution in [3.63, 3.8) is 0 Å². The summed E-state index contributed by atoms with van der Waals surface area (Å²) >= 11 is -7.57. The van der Waals surface area contributed by atoms with Crippen LogP contribution < -0.4 is 80.4 Å². The predicted molar refractivity (Wildman–Crippen MR) is 592 cm³/mol. The Morgan fingerprint density at radius 2 is 0.451 bits per heavy atom. The van der Waals surface area contributed by atoms with Gasteiger partial charge in [0.2, 0.25) is 0 Å². The second kappa shape index (κ2) is 45.6. The molecule has 0 bridgehead atoms. The Balaban J connectivity index is 0.000000168. The second-order valence-electron chi connectivity index (χ2n) is 40.6. The van der Waals surface area contributed by atoms with Gasteiger partial charge in [0, 0.05) is 0 Å². The summed E-state index contributed by atoms with van der Waals surface area (Å²) < 4.78 is 18.1. The molecule has 4 aromatic heterocycles. The topological polar surface area (TPSA) is 110 Å². The molecule has 16 aromatic rings. The van der Waals surface area contributed by atoms with Gasteiger partial charge in [-0.05, 0) is 76.1 Å². The number of pyridine rings is 4. The maximum Gasteiger partial charge on any atom is -0.0623 e. The van der Waals surface area contributed by atoms with Crippen LogP contribution in [0.3, 0.4) is 0 Å². The molecular weight excluding hydrogens is 1910 g/mol. The molecule has 0 unspecified atom stereocenters. The molecule has 0 saturated heterocycles. The van der Waals surface area contributed by atoms with Crippen LogP contribution in [0.15, 0.2) is 413 Å². The van der Waals surface area contributed by atoms with Gasteiger partial charge in [0.25, 0.3) is 0 Å². The average Bonchev–Trinajstić information content (AvgIpc) is 0.729.